The quantitative estimate of drug-likeness (QED) is 0.779. The third-order valence-corrected chi connectivity index (χ3v) is 3.72. The molecule has 0 spiro atoms. The van der Waals surface area contributed by atoms with Crippen molar-refractivity contribution in [3.63, 3.8) is 0 Å². The number of aliphatic carboxylic acids is 1. The molecular weight excluding hydrogens is 256 g/mol. The van der Waals surface area contributed by atoms with Crippen molar-refractivity contribution in [2.75, 3.05) is 0 Å². The molecule has 0 fully saturated rings. The number of nitrogens with zero attached hydrogens (tertiary/aromatic N) is 2. The minimum absolute atomic E-state index is 0.280. The summed E-state index contributed by atoms with van der Waals surface area (Å²) in [7, 11) is 0. The van der Waals surface area contributed by atoms with Crippen LogP contribution in [0.4, 0.5) is 0 Å². The first-order chi connectivity index (χ1) is 9.40. The fourth-order valence-corrected chi connectivity index (χ4v) is 2.52. The van der Waals surface area contributed by atoms with Gasteiger partial charge in [-0.15, -0.1) is 0 Å². The number of unbranched alkanes of at least 4 members (excludes halogenated alkanes) is 3. The molecule has 5 nitrogen and oxygen atoms in total. The molecule has 20 heavy (non-hydrogen) atoms. The Labute approximate surface area is 119 Å². The van der Waals surface area contributed by atoms with Gasteiger partial charge in [0.1, 0.15) is 0 Å². The second-order valence-corrected chi connectivity index (χ2v) is 5.25. The van der Waals surface area contributed by atoms with Gasteiger partial charge in [0, 0.05) is 23.5 Å². The van der Waals surface area contributed by atoms with E-state index < -0.39 is 11.9 Å². The first kappa shape index (κ1) is 16.4. The second-order valence-electron chi connectivity index (χ2n) is 5.25. The molecule has 0 amide bonds. The summed E-state index contributed by atoms with van der Waals surface area (Å²) in [5, 5.41) is 9.18. The number of aromatic nitrogens is 2. The highest BCUT2D eigenvalue weighted by molar-refractivity contribution is 5.76. The molecule has 1 aromatic rings. The van der Waals surface area contributed by atoms with Gasteiger partial charge in [0.2, 0.25) is 0 Å². The first-order valence-electron chi connectivity index (χ1n) is 7.20. The molecule has 0 aliphatic rings. The van der Waals surface area contributed by atoms with Crippen LogP contribution in [0.5, 0.6) is 0 Å². The lowest BCUT2D eigenvalue weighted by atomic mass is 9.98. The summed E-state index contributed by atoms with van der Waals surface area (Å²) in [6.07, 6.45) is 4.27. The van der Waals surface area contributed by atoms with Gasteiger partial charge in [-0.05, 0) is 27.2 Å². The Morgan fingerprint density at radius 2 is 1.95 bits per heavy atom. The van der Waals surface area contributed by atoms with Crippen molar-refractivity contribution >= 4 is 5.97 Å². The summed E-state index contributed by atoms with van der Waals surface area (Å²) in [4.78, 5) is 27.1. The molecular formula is C15H24N2O3. The Morgan fingerprint density at radius 1 is 1.30 bits per heavy atom. The van der Waals surface area contributed by atoms with Crippen LogP contribution in [0, 0.1) is 13.8 Å². The molecule has 0 saturated heterocycles. The normalized spacial score (nSPS) is 12.4. The largest absolute Gasteiger partial charge is 0.481 e. The summed E-state index contributed by atoms with van der Waals surface area (Å²) in [5.41, 5.74) is 1.63. The second kappa shape index (κ2) is 7.22. The van der Waals surface area contributed by atoms with E-state index in [2.05, 4.69) is 11.9 Å². The SMILES string of the molecule is CCCCCCn1c(C)c(C(C)C(=O)O)c(C)nc1=O. The Bertz CT molecular complexity index is 535. The van der Waals surface area contributed by atoms with Crippen molar-refractivity contribution in [2.45, 2.75) is 65.8 Å². The molecule has 1 N–H and O–H groups in total. The fourth-order valence-electron chi connectivity index (χ4n) is 2.52. The first-order valence-corrected chi connectivity index (χ1v) is 7.20. The maximum absolute atomic E-state index is 12.0. The predicted octanol–water partition coefficient (Wildman–Crippen LogP) is 2.63. The van der Waals surface area contributed by atoms with Gasteiger partial charge >= 0.3 is 11.7 Å². The van der Waals surface area contributed by atoms with Gasteiger partial charge in [-0.2, -0.15) is 4.98 Å². The van der Waals surface area contributed by atoms with Crippen molar-refractivity contribution in [1.29, 1.82) is 0 Å². The highest BCUT2D eigenvalue weighted by Gasteiger charge is 2.21. The predicted molar refractivity (Wildman–Crippen MR) is 78.2 cm³/mol. The molecule has 0 radical (unpaired) electrons. The van der Waals surface area contributed by atoms with Gasteiger partial charge in [-0.3, -0.25) is 9.36 Å². The number of rotatable bonds is 7. The van der Waals surface area contributed by atoms with Crippen LogP contribution in [0.2, 0.25) is 0 Å². The molecule has 1 atom stereocenters. The van der Waals surface area contributed by atoms with Crippen LogP contribution in [0.1, 0.15) is 62.4 Å². The lowest BCUT2D eigenvalue weighted by molar-refractivity contribution is -0.138. The van der Waals surface area contributed by atoms with Gasteiger partial charge in [0.25, 0.3) is 0 Å². The average molecular weight is 280 g/mol. The minimum atomic E-state index is -0.894. The van der Waals surface area contributed by atoms with E-state index in [0.29, 0.717) is 17.8 Å². The number of carboxylic acid groups (broad SMARTS) is 1. The molecule has 0 aromatic carbocycles. The third-order valence-electron chi connectivity index (χ3n) is 3.72. The number of hydrogen-bond donors (Lipinski definition) is 1. The molecule has 1 heterocycles. The molecule has 112 valence electrons. The molecule has 0 saturated carbocycles. The minimum Gasteiger partial charge on any atom is -0.481 e. The van der Waals surface area contributed by atoms with Crippen LogP contribution >= 0.6 is 0 Å². The van der Waals surface area contributed by atoms with Crippen molar-refractivity contribution in [3.05, 3.63) is 27.4 Å². The zero-order valence-electron chi connectivity index (χ0n) is 12.8. The highest BCUT2D eigenvalue weighted by Crippen LogP contribution is 2.21. The molecule has 1 rings (SSSR count). The van der Waals surface area contributed by atoms with Gasteiger partial charge in [0.05, 0.1) is 5.92 Å². The van der Waals surface area contributed by atoms with E-state index in [1.165, 1.54) is 0 Å². The van der Waals surface area contributed by atoms with Crippen LogP contribution < -0.4 is 5.69 Å². The van der Waals surface area contributed by atoms with Crippen LogP contribution in [0.25, 0.3) is 0 Å². The summed E-state index contributed by atoms with van der Waals surface area (Å²) in [6, 6.07) is 0. The van der Waals surface area contributed by atoms with Crippen LogP contribution in [0.15, 0.2) is 4.79 Å². The van der Waals surface area contributed by atoms with Gasteiger partial charge in [0.15, 0.2) is 0 Å². The summed E-state index contributed by atoms with van der Waals surface area (Å²) in [6.45, 7) is 7.88. The van der Waals surface area contributed by atoms with Crippen LogP contribution in [-0.2, 0) is 11.3 Å². The molecule has 0 aliphatic carbocycles. The van der Waals surface area contributed by atoms with Crippen LogP contribution in [-0.4, -0.2) is 20.6 Å². The lowest BCUT2D eigenvalue weighted by Gasteiger charge is -2.17. The molecule has 1 unspecified atom stereocenters. The topological polar surface area (TPSA) is 72.2 Å². The van der Waals surface area contributed by atoms with E-state index in [0.717, 1.165) is 31.4 Å². The zero-order chi connectivity index (χ0) is 15.3. The lowest BCUT2D eigenvalue weighted by Crippen LogP contribution is -2.29. The fraction of sp³-hybridized carbons (Fsp3) is 0.667. The van der Waals surface area contributed by atoms with Crippen LogP contribution in [0.3, 0.4) is 0 Å². The van der Waals surface area contributed by atoms with Crippen molar-refractivity contribution in [1.82, 2.24) is 9.55 Å². The van der Waals surface area contributed by atoms with Crippen molar-refractivity contribution in [2.24, 2.45) is 0 Å². The average Bonchev–Trinajstić information content (AvgIpc) is 2.37. The third kappa shape index (κ3) is 3.68. The van der Waals surface area contributed by atoms with Crippen molar-refractivity contribution in [3.8, 4) is 0 Å². The summed E-state index contributed by atoms with van der Waals surface area (Å²) < 4.78 is 1.61. The van der Waals surface area contributed by atoms with E-state index in [1.807, 2.05) is 6.92 Å². The van der Waals surface area contributed by atoms with E-state index in [4.69, 9.17) is 0 Å². The Hall–Kier alpha value is -1.65. The van der Waals surface area contributed by atoms with Gasteiger partial charge < -0.3 is 5.11 Å². The Balaban J connectivity index is 3.09. The van der Waals surface area contributed by atoms with Gasteiger partial charge in [-0.25, -0.2) is 4.79 Å². The Kier molecular flexibility index (Phi) is 5.92. The number of carbonyl (C=O) groups is 1. The summed E-state index contributed by atoms with van der Waals surface area (Å²) >= 11 is 0. The monoisotopic (exact) mass is 280 g/mol. The maximum atomic E-state index is 12.0. The highest BCUT2D eigenvalue weighted by atomic mass is 16.4. The molecule has 0 bridgehead atoms. The Morgan fingerprint density at radius 3 is 2.50 bits per heavy atom. The van der Waals surface area contributed by atoms with E-state index in [1.54, 1.807) is 18.4 Å². The smallest absolute Gasteiger partial charge is 0.347 e. The summed E-state index contributed by atoms with van der Waals surface area (Å²) in [5.74, 6) is -1.54. The molecule has 5 heteroatoms. The number of carboxylic acids is 1. The van der Waals surface area contributed by atoms with Crippen molar-refractivity contribution < 1.29 is 9.90 Å². The zero-order valence-corrected chi connectivity index (χ0v) is 12.8. The van der Waals surface area contributed by atoms with Gasteiger partial charge in [-0.1, -0.05) is 26.2 Å². The van der Waals surface area contributed by atoms with E-state index in [9.17, 15) is 14.7 Å². The standard InChI is InChI=1S/C15H24N2O3/c1-5-6-7-8-9-17-12(4)13(10(2)14(18)19)11(3)16-15(17)20/h10H,5-9H2,1-4H3,(H,18,19). The van der Waals surface area contributed by atoms with E-state index in [-0.39, 0.29) is 5.69 Å². The molecule has 0 aliphatic heterocycles. The number of hydrogen-bond acceptors (Lipinski definition) is 3. The van der Waals surface area contributed by atoms with E-state index >= 15 is 0 Å². The number of aryl methyl sites for hydroxylation is 1. The maximum Gasteiger partial charge on any atom is 0.347 e. The molecule has 1 aromatic heterocycles.